The first-order valence-corrected chi connectivity index (χ1v) is 7.25. The average molecular weight is 288 g/mol. The van der Waals surface area contributed by atoms with Gasteiger partial charge in [0.15, 0.2) is 0 Å². The van der Waals surface area contributed by atoms with E-state index in [2.05, 4.69) is 35.2 Å². The van der Waals surface area contributed by atoms with E-state index in [0.29, 0.717) is 0 Å². The number of hydrogen-bond donors (Lipinski definition) is 0. The minimum absolute atomic E-state index is 0.854. The van der Waals surface area contributed by atoms with E-state index in [1.165, 1.54) is 5.39 Å². The van der Waals surface area contributed by atoms with Crippen molar-refractivity contribution < 1.29 is 4.74 Å². The standard InChI is InChI=1S/C19H16N2O/c1-21-11-16-15-10-14(22-2)8-9-18(15)20-19(17(16)12-21)13-6-4-3-5-7-13/h3-12H,1-2H3. The third-order valence-corrected chi connectivity index (χ3v) is 3.98. The van der Waals surface area contributed by atoms with Crippen LogP contribution in [-0.2, 0) is 7.05 Å². The average Bonchev–Trinajstić information content (AvgIpc) is 2.96. The summed E-state index contributed by atoms with van der Waals surface area (Å²) in [7, 11) is 3.73. The van der Waals surface area contributed by atoms with Gasteiger partial charge in [-0.3, -0.25) is 0 Å². The molecule has 0 saturated heterocycles. The summed E-state index contributed by atoms with van der Waals surface area (Å²) in [6, 6.07) is 16.4. The second kappa shape index (κ2) is 4.88. The first kappa shape index (κ1) is 12.9. The highest BCUT2D eigenvalue weighted by atomic mass is 16.5. The van der Waals surface area contributed by atoms with Crippen molar-refractivity contribution in [3.05, 3.63) is 60.9 Å². The highest BCUT2D eigenvalue weighted by Gasteiger charge is 2.12. The van der Waals surface area contributed by atoms with E-state index in [1.807, 2.05) is 37.4 Å². The Kier molecular flexibility index (Phi) is 2.86. The number of aromatic nitrogens is 2. The van der Waals surface area contributed by atoms with Crippen molar-refractivity contribution in [3.63, 3.8) is 0 Å². The van der Waals surface area contributed by atoms with Gasteiger partial charge in [-0.15, -0.1) is 0 Å². The summed E-state index contributed by atoms with van der Waals surface area (Å²) in [6.07, 6.45) is 4.27. The van der Waals surface area contributed by atoms with E-state index in [1.54, 1.807) is 7.11 Å². The second-order valence-corrected chi connectivity index (χ2v) is 5.46. The summed E-state index contributed by atoms with van der Waals surface area (Å²) < 4.78 is 7.44. The molecule has 0 unspecified atom stereocenters. The Balaban J connectivity index is 2.13. The van der Waals surface area contributed by atoms with Gasteiger partial charge >= 0.3 is 0 Å². The van der Waals surface area contributed by atoms with Crippen molar-refractivity contribution in [1.82, 2.24) is 9.55 Å². The van der Waals surface area contributed by atoms with Crippen LogP contribution in [0.3, 0.4) is 0 Å². The van der Waals surface area contributed by atoms with Crippen LogP contribution in [0, 0.1) is 0 Å². The summed E-state index contributed by atoms with van der Waals surface area (Å²) in [4.78, 5) is 4.89. The molecule has 0 saturated carbocycles. The van der Waals surface area contributed by atoms with Gasteiger partial charge in [-0.1, -0.05) is 30.3 Å². The number of methoxy groups -OCH3 is 1. The molecule has 22 heavy (non-hydrogen) atoms. The summed E-state index contributed by atoms with van der Waals surface area (Å²) >= 11 is 0. The van der Waals surface area contributed by atoms with E-state index in [9.17, 15) is 0 Å². The molecule has 0 radical (unpaired) electrons. The molecule has 0 atom stereocenters. The van der Waals surface area contributed by atoms with Crippen molar-refractivity contribution in [1.29, 1.82) is 0 Å². The monoisotopic (exact) mass is 288 g/mol. The van der Waals surface area contributed by atoms with Crippen molar-refractivity contribution in [3.8, 4) is 17.0 Å². The molecule has 4 rings (SSSR count). The van der Waals surface area contributed by atoms with Crippen molar-refractivity contribution >= 4 is 21.7 Å². The minimum Gasteiger partial charge on any atom is -0.497 e. The Bertz CT molecular complexity index is 971. The Morgan fingerprint density at radius 3 is 2.45 bits per heavy atom. The number of hydrogen-bond acceptors (Lipinski definition) is 2. The van der Waals surface area contributed by atoms with Crippen LogP contribution in [0.4, 0.5) is 0 Å². The zero-order valence-electron chi connectivity index (χ0n) is 12.6. The summed E-state index contributed by atoms with van der Waals surface area (Å²) in [6.45, 7) is 0. The van der Waals surface area contributed by atoms with Crippen LogP contribution in [0.15, 0.2) is 60.9 Å². The first-order valence-electron chi connectivity index (χ1n) is 7.25. The predicted octanol–water partition coefficient (Wildman–Crippen LogP) is 4.40. The van der Waals surface area contributed by atoms with Crippen molar-refractivity contribution in [2.45, 2.75) is 0 Å². The fourth-order valence-corrected chi connectivity index (χ4v) is 2.94. The maximum atomic E-state index is 5.36. The zero-order chi connectivity index (χ0) is 15.1. The highest BCUT2D eigenvalue weighted by Crippen LogP contribution is 2.34. The van der Waals surface area contributed by atoms with Gasteiger partial charge in [0.25, 0.3) is 0 Å². The molecule has 108 valence electrons. The molecule has 3 heteroatoms. The van der Waals surface area contributed by atoms with Crippen LogP contribution in [0.1, 0.15) is 0 Å². The first-order chi connectivity index (χ1) is 10.8. The van der Waals surface area contributed by atoms with Gasteiger partial charge in [0.2, 0.25) is 0 Å². The number of fused-ring (bicyclic) bond motifs is 3. The van der Waals surface area contributed by atoms with Crippen molar-refractivity contribution in [2.75, 3.05) is 7.11 Å². The van der Waals surface area contributed by atoms with Crippen molar-refractivity contribution in [2.24, 2.45) is 7.05 Å². The maximum absolute atomic E-state index is 5.36. The van der Waals surface area contributed by atoms with E-state index >= 15 is 0 Å². The molecular formula is C19H16N2O. The molecule has 0 bridgehead atoms. The molecule has 2 aromatic carbocycles. The number of rotatable bonds is 2. The fraction of sp³-hybridized carbons (Fsp3) is 0.105. The molecule has 0 spiro atoms. The molecule has 2 aromatic heterocycles. The van der Waals surface area contributed by atoms with E-state index < -0.39 is 0 Å². The van der Waals surface area contributed by atoms with Gasteiger partial charge in [0, 0.05) is 41.2 Å². The number of benzene rings is 2. The molecule has 0 fully saturated rings. The minimum atomic E-state index is 0.854. The third-order valence-electron chi connectivity index (χ3n) is 3.98. The van der Waals surface area contributed by atoms with Gasteiger partial charge in [0.05, 0.1) is 18.3 Å². The second-order valence-electron chi connectivity index (χ2n) is 5.46. The van der Waals surface area contributed by atoms with E-state index in [-0.39, 0.29) is 0 Å². The van der Waals surface area contributed by atoms with Gasteiger partial charge in [0.1, 0.15) is 5.75 Å². The fourth-order valence-electron chi connectivity index (χ4n) is 2.94. The molecule has 0 N–H and O–H groups in total. The number of aryl methyl sites for hydroxylation is 1. The highest BCUT2D eigenvalue weighted by molar-refractivity contribution is 6.11. The lowest BCUT2D eigenvalue weighted by atomic mass is 10.0. The third kappa shape index (κ3) is 1.94. The predicted molar refractivity (Wildman–Crippen MR) is 90.2 cm³/mol. The summed E-state index contributed by atoms with van der Waals surface area (Å²) in [5.74, 6) is 0.854. The normalized spacial score (nSPS) is 11.2. The Hall–Kier alpha value is -2.81. The number of pyridine rings is 1. The molecule has 2 heterocycles. The number of ether oxygens (including phenoxy) is 1. The molecule has 0 aliphatic rings. The zero-order valence-corrected chi connectivity index (χ0v) is 12.6. The van der Waals surface area contributed by atoms with Gasteiger partial charge in [-0.25, -0.2) is 4.98 Å². The molecule has 4 aromatic rings. The SMILES string of the molecule is COc1ccc2nc(-c3ccccc3)c3cn(C)cc3c2c1. The van der Waals surface area contributed by atoms with Crippen LogP contribution in [-0.4, -0.2) is 16.7 Å². The lowest BCUT2D eigenvalue weighted by molar-refractivity contribution is 0.415. The van der Waals surface area contributed by atoms with Crippen LogP contribution < -0.4 is 4.74 Å². The Morgan fingerprint density at radius 2 is 1.68 bits per heavy atom. The quantitative estimate of drug-likeness (QED) is 0.546. The van der Waals surface area contributed by atoms with E-state index in [0.717, 1.165) is 33.3 Å². The molecule has 0 amide bonds. The smallest absolute Gasteiger partial charge is 0.119 e. The molecule has 3 nitrogen and oxygen atoms in total. The lowest BCUT2D eigenvalue weighted by Gasteiger charge is -2.08. The summed E-state index contributed by atoms with van der Waals surface area (Å²) in [5.41, 5.74) is 3.14. The Labute approximate surface area is 128 Å². The molecular weight excluding hydrogens is 272 g/mol. The van der Waals surface area contributed by atoms with Crippen LogP contribution in [0.25, 0.3) is 32.9 Å². The lowest BCUT2D eigenvalue weighted by Crippen LogP contribution is -1.89. The van der Waals surface area contributed by atoms with Crippen LogP contribution in [0.2, 0.25) is 0 Å². The van der Waals surface area contributed by atoms with Crippen LogP contribution in [0.5, 0.6) is 5.75 Å². The largest absolute Gasteiger partial charge is 0.497 e. The van der Waals surface area contributed by atoms with Gasteiger partial charge in [-0.2, -0.15) is 0 Å². The van der Waals surface area contributed by atoms with Crippen LogP contribution >= 0.6 is 0 Å². The Morgan fingerprint density at radius 1 is 0.909 bits per heavy atom. The van der Waals surface area contributed by atoms with Gasteiger partial charge in [-0.05, 0) is 18.2 Å². The molecule has 0 aliphatic carbocycles. The number of nitrogens with zero attached hydrogens (tertiary/aromatic N) is 2. The maximum Gasteiger partial charge on any atom is 0.119 e. The molecule has 0 aliphatic heterocycles. The topological polar surface area (TPSA) is 27.1 Å². The van der Waals surface area contributed by atoms with Gasteiger partial charge < -0.3 is 9.30 Å². The van der Waals surface area contributed by atoms with E-state index in [4.69, 9.17) is 9.72 Å². The summed E-state index contributed by atoms with van der Waals surface area (Å²) in [5, 5.41) is 3.48.